The Hall–Kier alpha value is -1.16. The summed E-state index contributed by atoms with van der Waals surface area (Å²) in [6.45, 7) is 0. The molecule has 0 fully saturated rings. The van der Waals surface area contributed by atoms with Crippen LogP contribution in [-0.4, -0.2) is 0 Å². The van der Waals surface area contributed by atoms with E-state index in [2.05, 4.69) is 31.9 Å². The molecule has 0 heterocycles. The third-order valence-corrected chi connectivity index (χ3v) is 5.44. The van der Waals surface area contributed by atoms with E-state index >= 15 is 0 Å². The second-order valence-corrected chi connectivity index (χ2v) is 7.40. The van der Waals surface area contributed by atoms with Gasteiger partial charge >= 0.3 is 23.7 Å². The Labute approximate surface area is 158 Å². The molecule has 0 amide bonds. The third kappa shape index (κ3) is 2.44. The van der Waals surface area contributed by atoms with Gasteiger partial charge in [-0.05, 0) is 12.1 Å². The number of halogens is 10. The largest absolute Gasteiger partial charge is 0.340 e. The summed E-state index contributed by atoms with van der Waals surface area (Å²) < 4.78 is 114. The van der Waals surface area contributed by atoms with Gasteiger partial charge in [0.2, 0.25) is 0 Å². The van der Waals surface area contributed by atoms with Crippen LogP contribution >= 0.6 is 31.9 Å². The Kier molecular flexibility index (Phi) is 4.27. The van der Waals surface area contributed by atoms with Gasteiger partial charge in [0.25, 0.3) is 0 Å². The standard InChI is InChI=1S/C16H6Br2F8/c17-11-5-7-1-3-9(11)15(23,24)14(21,22)8-2-4-10(12(18)6-8)16(25,26)13(7,19)20/h1-6H. The van der Waals surface area contributed by atoms with Gasteiger partial charge in [0.05, 0.1) is 0 Å². The van der Waals surface area contributed by atoms with Crippen molar-refractivity contribution in [2.45, 2.75) is 23.7 Å². The maximum atomic E-state index is 14.5. The molecule has 4 aliphatic rings. The number of benzene rings is 2. The van der Waals surface area contributed by atoms with Gasteiger partial charge in [0, 0.05) is 31.2 Å². The molecular weight excluding hydrogens is 504 g/mol. The van der Waals surface area contributed by atoms with Crippen molar-refractivity contribution in [1.82, 2.24) is 0 Å². The molecule has 2 aromatic carbocycles. The first-order valence-corrected chi connectivity index (χ1v) is 8.45. The van der Waals surface area contributed by atoms with Crippen molar-refractivity contribution in [2.24, 2.45) is 0 Å². The zero-order chi connectivity index (χ0) is 19.7. The van der Waals surface area contributed by atoms with E-state index in [0.29, 0.717) is 36.4 Å². The van der Waals surface area contributed by atoms with Crippen LogP contribution in [0.1, 0.15) is 22.3 Å². The van der Waals surface area contributed by atoms with Crippen LogP contribution in [0.2, 0.25) is 0 Å². The van der Waals surface area contributed by atoms with E-state index in [-0.39, 0.29) is 0 Å². The Morgan fingerprint density at radius 2 is 0.808 bits per heavy atom. The van der Waals surface area contributed by atoms with Crippen molar-refractivity contribution >= 4 is 31.9 Å². The molecule has 2 aromatic rings. The maximum absolute atomic E-state index is 14.5. The van der Waals surface area contributed by atoms with Crippen molar-refractivity contribution in [3.63, 3.8) is 0 Å². The molecule has 6 rings (SSSR count). The highest BCUT2D eigenvalue weighted by Gasteiger charge is 2.63. The minimum absolute atomic E-state index is 0.291. The van der Waals surface area contributed by atoms with Gasteiger partial charge in [0.15, 0.2) is 0 Å². The van der Waals surface area contributed by atoms with Gasteiger partial charge in [-0.1, -0.05) is 56.1 Å². The molecule has 0 saturated carbocycles. The molecule has 0 spiro atoms. The normalized spacial score (nSPS) is 21.9. The van der Waals surface area contributed by atoms with E-state index in [1.165, 1.54) is 0 Å². The third-order valence-electron chi connectivity index (χ3n) is 4.13. The van der Waals surface area contributed by atoms with Crippen molar-refractivity contribution in [3.8, 4) is 0 Å². The molecule has 0 radical (unpaired) electrons. The molecule has 0 N–H and O–H groups in total. The van der Waals surface area contributed by atoms with Crippen molar-refractivity contribution in [3.05, 3.63) is 67.6 Å². The van der Waals surface area contributed by atoms with E-state index in [9.17, 15) is 35.1 Å². The van der Waals surface area contributed by atoms with Gasteiger partial charge in [-0.3, -0.25) is 0 Å². The average Bonchev–Trinajstić information content (AvgIpc) is 2.52. The van der Waals surface area contributed by atoms with Crippen molar-refractivity contribution in [2.75, 3.05) is 0 Å². The van der Waals surface area contributed by atoms with Crippen LogP contribution < -0.4 is 0 Å². The molecule has 140 valence electrons. The summed E-state index contributed by atoms with van der Waals surface area (Å²) in [5.74, 6) is -19.1. The summed E-state index contributed by atoms with van der Waals surface area (Å²) in [7, 11) is 0. The zero-order valence-electron chi connectivity index (χ0n) is 12.2. The van der Waals surface area contributed by atoms with Crippen LogP contribution in [0.4, 0.5) is 35.1 Å². The molecule has 0 aromatic heterocycles. The number of rotatable bonds is 0. The van der Waals surface area contributed by atoms with E-state index in [1.54, 1.807) is 0 Å². The second kappa shape index (κ2) is 5.67. The summed E-state index contributed by atoms with van der Waals surface area (Å²) in [5, 5.41) is 0. The fourth-order valence-corrected chi connectivity index (χ4v) is 3.89. The molecule has 4 aliphatic carbocycles. The van der Waals surface area contributed by atoms with Gasteiger partial charge in [-0.15, -0.1) is 0 Å². The Morgan fingerprint density at radius 3 is 1.08 bits per heavy atom. The molecular formula is C16H6Br2F8. The predicted octanol–water partition coefficient (Wildman–Crippen LogP) is 7.29. The topological polar surface area (TPSA) is 0 Å². The molecule has 4 bridgehead atoms. The smallest absolute Gasteiger partial charge is 0.194 e. The SMILES string of the molecule is FC1(F)c2ccc(c(Br)c2)C(F)(F)C(F)(F)c2ccc(c(Br)c2)C1(F)F. The predicted molar refractivity (Wildman–Crippen MR) is 83.9 cm³/mol. The minimum Gasteiger partial charge on any atom is -0.194 e. The first-order chi connectivity index (χ1) is 11.7. The highest BCUT2D eigenvalue weighted by Crippen LogP contribution is 2.56. The van der Waals surface area contributed by atoms with Gasteiger partial charge in [0.1, 0.15) is 0 Å². The summed E-state index contributed by atoms with van der Waals surface area (Å²) in [4.78, 5) is 0. The second-order valence-electron chi connectivity index (χ2n) is 5.69. The molecule has 0 unspecified atom stereocenters. The highest BCUT2D eigenvalue weighted by atomic mass is 79.9. The Morgan fingerprint density at radius 1 is 0.500 bits per heavy atom. The average molecular weight is 510 g/mol. The lowest BCUT2D eigenvalue weighted by atomic mass is 9.89. The number of hydrogen-bond donors (Lipinski definition) is 0. The molecule has 0 aliphatic heterocycles. The van der Waals surface area contributed by atoms with E-state index in [4.69, 9.17) is 0 Å². The van der Waals surface area contributed by atoms with Gasteiger partial charge in [-0.2, -0.15) is 35.1 Å². The maximum Gasteiger partial charge on any atom is 0.340 e. The Bertz CT molecular complexity index is 818. The summed E-state index contributed by atoms with van der Waals surface area (Å²) in [6.07, 6.45) is 0. The lowest BCUT2D eigenvalue weighted by molar-refractivity contribution is -0.228. The molecule has 26 heavy (non-hydrogen) atoms. The monoisotopic (exact) mass is 508 g/mol. The van der Waals surface area contributed by atoms with E-state index in [0.717, 1.165) is 0 Å². The van der Waals surface area contributed by atoms with Crippen LogP contribution in [0, 0.1) is 0 Å². The molecule has 0 nitrogen and oxygen atoms in total. The summed E-state index contributed by atoms with van der Waals surface area (Å²) in [5.41, 5.74) is -5.19. The molecule has 10 heteroatoms. The number of hydrogen-bond acceptors (Lipinski definition) is 0. The van der Waals surface area contributed by atoms with Crippen LogP contribution in [-0.2, 0) is 23.7 Å². The summed E-state index contributed by atoms with van der Waals surface area (Å²) in [6, 6.07) is 1.77. The Balaban J connectivity index is 2.46. The van der Waals surface area contributed by atoms with Gasteiger partial charge in [-0.25, -0.2) is 0 Å². The minimum atomic E-state index is -4.79. The van der Waals surface area contributed by atoms with Gasteiger partial charge < -0.3 is 0 Å². The lowest BCUT2D eigenvalue weighted by Gasteiger charge is -2.32. The van der Waals surface area contributed by atoms with Crippen molar-refractivity contribution in [1.29, 1.82) is 0 Å². The van der Waals surface area contributed by atoms with Crippen LogP contribution in [0.5, 0.6) is 0 Å². The lowest BCUT2D eigenvalue weighted by Crippen LogP contribution is -2.39. The fraction of sp³-hybridized carbons (Fsp3) is 0.250. The number of alkyl halides is 8. The zero-order valence-corrected chi connectivity index (χ0v) is 15.4. The van der Waals surface area contributed by atoms with Crippen molar-refractivity contribution < 1.29 is 35.1 Å². The van der Waals surface area contributed by atoms with E-state index in [1.807, 2.05) is 0 Å². The molecule has 0 saturated heterocycles. The fourth-order valence-electron chi connectivity index (χ4n) is 2.63. The first kappa shape index (κ1) is 19.6. The van der Waals surface area contributed by atoms with Crippen LogP contribution in [0.25, 0.3) is 0 Å². The highest BCUT2D eigenvalue weighted by molar-refractivity contribution is 9.10. The van der Waals surface area contributed by atoms with Crippen LogP contribution in [0.15, 0.2) is 45.3 Å². The first-order valence-electron chi connectivity index (χ1n) is 6.87. The summed E-state index contributed by atoms with van der Waals surface area (Å²) >= 11 is 5.04. The molecule has 0 atom stereocenters. The van der Waals surface area contributed by atoms with Crippen LogP contribution in [0.3, 0.4) is 0 Å². The van der Waals surface area contributed by atoms with E-state index < -0.39 is 54.9 Å². The quantitative estimate of drug-likeness (QED) is 0.327.